The molecule has 1 amide bonds. The van der Waals surface area contributed by atoms with Crippen LogP contribution in [0.2, 0.25) is 0 Å². The minimum Gasteiger partial charge on any atom is -0.350 e. The minimum absolute atomic E-state index is 0.128. The normalized spacial score (nSPS) is 13.2. The summed E-state index contributed by atoms with van der Waals surface area (Å²) in [7, 11) is 0. The molecule has 0 saturated carbocycles. The molecule has 0 radical (unpaired) electrons. The van der Waals surface area contributed by atoms with Gasteiger partial charge in [-0.3, -0.25) is 4.79 Å². The quantitative estimate of drug-likeness (QED) is 0.904. The number of rotatable bonds is 4. The van der Waals surface area contributed by atoms with Gasteiger partial charge in [0.15, 0.2) is 0 Å². The van der Waals surface area contributed by atoms with E-state index < -0.39 is 0 Å². The van der Waals surface area contributed by atoms with Crippen LogP contribution in [-0.4, -0.2) is 15.9 Å². The van der Waals surface area contributed by atoms with Crippen molar-refractivity contribution >= 4 is 11.9 Å². The molecule has 1 aliphatic rings. The van der Waals surface area contributed by atoms with Gasteiger partial charge in [0.05, 0.1) is 0 Å². The van der Waals surface area contributed by atoms with Gasteiger partial charge in [-0.15, -0.1) is 0 Å². The van der Waals surface area contributed by atoms with Crippen LogP contribution < -0.4 is 10.6 Å². The molecule has 5 nitrogen and oxygen atoms in total. The third-order valence-corrected chi connectivity index (χ3v) is 3.62. The number of aromatic nitrogens is 2. The van der Waals surface area contributed by atoms with Gasteiger partial charge in [-0.1, -0.05) is 38.1 Å². The summed E-state index contributed by atoms with van der Waals surface area (Å²) in [6, 6.07) is 8.47. The van der Waals surface area contributed by atoms with Crippen LogP contribution in [0.25, 0.3) is 0 Å². The molecule has 0 saturated heterocycles. The number of hydrogen-bond acceptors (Lipinski definition) is 4. The summed E-state index contributed by atoms with van der Waals surface area (Å²) in [4.78, 5) is 20.1. The number of carbonyl (C=O) groups excluding carboxylic acids is 1. The Morgan fingerprint density at radius 1 is 1.29 bits per heavy atom. The second-order valence-corrected chi connectivity index (χ2v) is 5.50. The second-order valence-electron chi connectivity index (χ2n) is 5.50. The molecule has 2 aromatic rings. The van der Waals surface area contributed by atoms with Crippen molar-refractivity contribution in [2.24, 2.45) is 0 Å². The van der Waals surface area contributed by atoms with E-state index in [4.69, 9.17) is 0 Å². The summed E-state index contributed by atoms with van der Waals surface area (Å²) in [5.74, 6) is 0.890. The molecule has 1 aliphatic heterocycles. The zero-order chi connectivity index (χ0) is 14.8. The molecule has 0 bridgehead atoms. The lowest BCUT2D eigenvalue weighted by Crippen LogP contribution is -2.14. The molecule has 3 rings (SSSR count). The highest BCUT2D eigenvalue weighted by molar-refractivity contribution is 5.96. The van der Waals surface area contributed by atoms with E-state index in [1.165, 1.54) is 5.56 Å². The molecule has 0 aliphatic carbocycles. The van der Waals surface area contributed by atoms with Gasteiger partial charge in [-0.25, -0.2) is 9.97 Å². The zero-order valence-corrected chi connectivity index (χ0v) is 12.2. The molecule has 0 unspecified atom stereocenters. The number of hydrogen-bond donors (Lipinski definition) is 2. The van der Waals surface area contributed by atoms with Crippen LogP contribution in [0.5, 0.6) is 0 Å². The number of anilines is 1. The smallest absolute Gasteiger partial charge is 0.270 e. The van der Waals surface area contributed by atoms with Crippen molar-refractivity contribution in [3.8, 4) is 0 Å². The fourth-order valence-corrected chi connectivity index (χ4v) is 2.28. The molecule has 1 aromatic heterocycles. The SMILES string of the molecule is CC(C)c1ccc(CNc2ncc3c(n2)C(=O)NC3)cc1. The third kappa shape index (κ3) is 2.86. The molecule has 0 spiro atoms. The lowest BCUT2D eigenvalue weighted by molar-refractivity contribution is 0.0961. The minimum atomic E-state index is -0.128. The van der Waals surface area contributed by atoms with E-state index >= 15 is 0 Å². The Hall–Kier alpha value is -2.43. The number of carbonyl (C=O) groups is 1. The van der Waals surface area contributed by atoms with E-state index in [-0.39, 0.29) is 5.91 Å². The second kappa shape index (κ2) is 5.52. The van der Waals surface area contributed by atoms with Gasteiger partial charge in [0.1, 0.15) is 5.69 Å². The van der Waals surface area contributed by atoms with Crippen LogP contribution >= 0.6 is 0 Å². The van der Waals surface area contributed by atoms with E-state index in [0.29, 0.717) is 30.6 Å². The van der Waals surface area contributed by atoms with Crippen LogP contribution in [0, 0.1) is 0 Å². The number of fused-ring (bicyclic) bond motifs is 1. The molecule has 108 valence electrons. The maximum Gasteiger partial charge on any atom is 0.270 e. The molecule has 1 aromatic carbocycles. The van der Waals surface area contributed by atoms with Crippen LogP contribution in [0.15, 0.2) is 30.5 Å². The van der Waals surface area contributed by atoms with Crippen LogP contribution in [0.3, 0.4) is 0 Å². The van der Waals surface area contributed by atoms with Crippen LogP contribution in [-0.2, 0) is 13.1 Å². The Kier molecular flexibility index (Phi) is 3.56. The summed E-state index contributed by atoms with van der Waals surface area (Å²) < 4.78 is 0. The Labute approximate surface area is 123 Å². The molecule has 0 atom stereocenters. The predicted octanol–water partition coefficient (Wildman–Crippen LogP) is 2.46. The molecule has 0 fully saturated rings. The van der Waals surface area contributed by atoms with E-state index in [0.717, 1.165) is 11.1 Å². The fourth-order valence-electron chi connectivity index (χ4n) is 2.28. The summed E-state index contributed by atoms with van der Waals surface area (Å²) in [5.41, 5.74) is 3.81. The number of nitrogens with zero attached hydrogens (tertiary/aromatic N) is 2. The summed E-state index contributed by atoms with van der Waals surface area (Å²) >= 11 is 0. The number of nitrogens with one attached hydrogen (secondary N) is 2. The first-order valence-corrected chi connectivity index (χ1v) is 7.10. The largest absolute Gasteiger partial charge is 0.350 e. The molecule has 2 N–H and O–H groups in total. The van der Waals surface area contributed by atoms with Gasteiger partial charge in [0.25, 0.3) is 5.91 Å². The number of amides is 1. The van der Waals surface area contributed by atoms with Gasteiger partial charge in [0, 0.05) is 24.8 Å². The van der Waals surface area contributed by atoms with Gasteiger partial charge in [-0.05, 0) is 17.0 Å². The molecular formula is C16H18N4O. The zero-order valence-electron chi connectivity index (χ0n) is 12.2. The van der Waals surface area contributed by atoms with E-state index in [2.05, 4.69) is 58.7 Å². The van der Waals surface area contributed by atoms with Crippen LogP contribution in [0.4, 0.5) is 5.95 Å². The van der Waals surface area contributed by atoms with Crippen molar-refractivity contribution in [2.45, 2.75) is 32.9 Å². The van der Waals surface area contributed by atoms with Crippen molar-refractivity contribution in [3.63, 3.8) is 0 Å². The van der Waals surface area contributed by atoms with Gasteiger partial charge in [0.2, 0.25) is 5.95 Å². The first-order valence-electron chi connectivity index (χ1n) is 7.10. The fraction of sp³-hybridized carbons (Fsp3) is 0.312. The Morgan fingerprint density at radius 3 is 2.76 bits per heavy atom. The van der Waals surface area contributed by atoms with E-state index in [9.17, 15) is 4.79 Å². The van der Waals surface area contributed by atoms with Crippen molar-refractivity contribution in [1.29, 1.82) is 0 Å². The average Bonchev–Trinajstić information content (AvgIpc) is 2.87. The van der Waals surface area contributed by atoms with Gasteiger partial charge in [-0.2, -0.15) is 0 Å². The van der Waals surface area contributed by atoms with Crippen LogP contribution in [0.1, 0.15) is 46.9 Å². The Bertz CT molecular complexity index is 664. The van der Waals surface area contributed by atoms with Crippen molar-refractivity contribution in [3.05, 3.63) is 52.8 Å². The highest BCUT2D eigenvalue weighted by Crippen LogP contribution is 2.16. The van der Waals surface area contributed by atoms with E-state index in [1.807, 2.05) is 0 Å². The predicted molar refractivity (Wildman–Crippen MR) is 81.1 cm³/mol. The monoisotopic (exact) mass is 282 g/mol. The highest BCUT2D eigenvalue weighted by atomic mass is 16.2. The summed E-state index contributed by atoms with van der Waals surface area (Å²) in [5, 5.41) is 5.89. The third-order valence-electron chi connectivity index (χ3n) is 3.62. The first kappa shape index (κ1) is 13.5. The standard InChI is InChI=1S/C16H18N4O/c1-10(2)12-5-3-11(4-6-12)7-18-16-19-9-13-8-17-15(21)14(13)20-16/h3-6,9-10H,7-8H2,1-2H3,(H,17,21)(H,18,19,20). The lowest BCUT2D eigenvalue weighted by Gasteiger charge is -2.08. The Balaban J connectivity index is 1.68. The molecule has 21 heavy (non-hydrogen) atoms. The maximum atomic E-state index is 11.6. The maximum absolute atomic E-state index is 11.6. The molecule has 2 heterocycles. The van der Waals surface area contributed by atoms with Crippen molar-refractivity contribution in [1.82, 2.24) is 15.3 Å². The lowest BCUT2D eigenvalue weighted by atomic mass is 10.0. The topological polar surface area (TPSA) is 66.9 Å². The molecule has 5 heteroatoms. The first-order chi connectivity index (χ1) is 10.1. The summed E-state index contributed by atoms with van der Waals surface area (Å²) in [6.45, 7) is 5.51. The average molecular weight is 282 g/mol. The van der Waals surface area contributed by atoms with Crippen molar-refractivity contribution in [2.75, 3.05) is 5.32 Å². The van der Waals surface area contributed by atoms with E-state index in [1.54, 1.807) is 6.20 Å². The number of benzene rings is 1. The van der Waals surface area contributed by atoms with Gasteiger partial charge < -0.3 is 10.6 Å². The Morgan fingerprint density at radius 2 is 2.05 bits per heavy atom. The molecular weight excluding hydrogens is 264 g/mol. The summed E-state index contributed by atoms with van der Waals surface area (Å²) in [6.07, 6.45) is 1.70. The highest BCUT2D eigenvalue weighted by Gasteiger charge is 2.21. The van der Waals surface area contributed by atoms with Gasteiger partial charge >= 0.3 is 0 Å². The van der Waals surface area contributed by atoms with Crippen molar-refractivity contribution < 1.29 is 4.79 Å².